The van der Waals surface area contributed by atoms with E-state index in [0.717, 1.165) is 61.7 Å². The van der Waals surface area contributed by atoms with Gasteiger partial charge in [0.15, 0.2) is 5.65 Å². The quantitative estimate of drug-likeness (QED) is 0.599. The molecule has 2 aromatic heterocycles. The smallest absolute Gasteiger partial charge is 0.251 e. The van der Waals surface area contributed by atoms with Crippen LogP contribution in [0.5, 0.6) is 0 Å². The lowest BCUT2D eigenvalue weighted by Crippen LogP contribution is -2.46. The maximum Gasteiger partial charge on any atom is 0.251 e. The van der Waals surface area contributed by atoms with Crippen molar-refractivity contribution in [2.24, 2.45) is 5.92 Å². The van der Waals surface area contributed by atoms with E-state index in [1.54, 1.807) is 13.1 Å². The highest BCUT2D eigenvalue weighted by Gasteiger charge is 2.36. The number of rotatable bonds is 4. The van der Waals surface area contributed by atoms with Crippen molar-refractivity contribution >= 4 is 28.7 Å². The molecule has 188 valence electrons. The van der Waals surface area contributed by atoms with Gasteiger partial charge < -0.3 is 24.6 Å². The molecule has 0 saturated carbocycles. The van der Waals surface area contributed by atoms with Gasteiger partial charge in [-0.3, -0.25) is 4.79 Å². The fourth-order valence-electron chi connectivity index (χ4n) is 5.67. The van der Waals surface area contributed by atoms with E-state index in [2.05, 4.69) is 35.0 Å². The van der Waals surface area contributed by atoms with Crippen LogP contribution in [-0.2, 0) is 9.47 Å². The Labute approximate surface area is 210 Å². The van der Waals surface area contributed by atoms with Crippen LogP contribution in [0.2, 0.25) is 0 Å². The van der Waals surface area contributed by atoms with Gasteiger partial charge in [-0.15, -0.1) is 0 Å². The van der Waals surface area contributed by atoms with Crippen molar-refractivity contribution < 1.29 is 14.3 Å². The Hall–Kier alpha value is -3.30. The number of carbonyl (C=O) groups excluding carboxylic acids is 1. The van der Waals surface area contributed by atoms with Gasteiger partial charge in [0.25, 0.3) is 5.91 Å². The van der Waals surface area contributed by atoms with E-state index >= 15 is 0 Å². The van der Waals surface area contributed by atoms with Gasteiger partial charge >= 0.3 is 0 Å². The third-order valence-corrected chi connectivity index (χ3v) is 7.24. The summed E-state index contributed by atoms with van der Waals surface area (Å²) in [5, 5.41) is 3.62. The van der Waals surface area contributed by atoms with Gasteiger partial charge in [-0.25, -0.2) is 4.98 Å². The molecule has 1 aromatic carbocycles. The summed E-state index contributed by atoms with van der Waals surface area (Å²) in [7, 11) is 1.63. The largest absolute Gasteiger partial charge is 0.376 e. The number of pyridine rings is 1. The maximum absolute atomic E-state index is 12.2. The highest BCUT2D eigenvalue weighted by molar-refractivity contribution is 5.95. The van der Waals surface area contributed by atoms with Crippen LogP contribution in [0.4, 0.5) is 11.8 Å². The molecule has 3 aromatic rings. The zero-order chi connectivity index (χ0) is 24.8. The number of amides is 1. The van der Waals surface area contributed by atoms with Gasteiger partial charge in [0.2, 0.25) is 5.95 Å². The molecule has 1 amide bonds. The minimum Gasteiger partial charge on any atom is -0.376 e. The number of hydrogen-bond acceptors (Lipinski definition) is 8. The predicted molar refractivity (Wildman–Crippen MR) is 138 cm³/mol. The van der Waals surface area contributed by atoms with Crippen LogP contribution in [0, 0.1) is 5.92 Å². The van der Waals surface area contributed by atoms with E-state index in [9.17, 15) is 4.79 Å². The normalized spacial score (nSPS) is 25.9. The number of fused-ring (bicyclic) bond motifs is 3. The zero-order valence-electron chi connectivity index (χ0n) is 21.0. The van der Waals surface area contributed by atoms with E-state index in [0.29, 0.717) is 23.1 Å². The van der Waals surface area contributed by atoms with E-state index in [4.69, 9.17) is 24.4 Å². The molecule has 6 rings (SSSR count). The third-order valence-electron chi connectivity index (χ3n) is 7.24. The molecule has 36 heavy (non-hydrogen) atoms. The Morgan fingerprint density at radius 3 is 2.61 bits per heavy atom. The fraction of sp³-hybridized carbons (Fsp3) is 0.481. The van der Waals surface area contributed by atoms with Gasteiger partial charge in [0.05, 0.1) is 36.0 Å². The molecule has 4 unspecified atom stereocenters. The molecule has 1 N–H and O–H groups in total. The second-order valence-corrected chi connectivity index (χ2v) is 10.2. The van der Waals surface area contributed by atoms with Crippen LogP contribution in [0.25, 0.3) is 22.3 Å². The van der Waals surface area contributed by atoms with Crippen LogP contribution in [-0.4, -0.2) is 79.0 Å². The van der Waals surface area contributed by atoms with Crippen LogP contribution < -0.4 is 15.1 Å². The first-order valence-corrected chi connectivity index (χ1v) is 12.7. The number of nitrogens with zero attached hydrogens (tertiary/aromatic N) is 5. The fourth-order valence-corrected chi connectivity index (χ4v) is 5.67. The van der Waals surface area contributed by atoms with Crippen molar-refractivity contribution in [1.29, 1.82) is 0 Å². The van der Waals surface area contributed by atoms with Gasteiger partial charge in [-0.1, -0.05) is 12.1 Å². The molecular formula is C27H32N6O3. The van der Waals surface area contributed by atoms with Crippen molar-refractivity contribution in [2.45, 2.75) is 38.6 Å². The SMILES string of the molecule is CNC(=O)c1cccc(-c2ccc3c(N4CC5COC(C5)C4)nc(N4CC(C)OC(C)C4)nc3n2)c1. The molecule has 9 heteroatoms. The summed E-state index contributed by atoms with van der Waals surface area (Å²) in [6.45, 7) is 8.20. The molecule has 0 radical (unpaired) electrons. The molecule has 9 nitrogen and oxygen atoms in total. The molecular weight excluding hydrogens is 456 g/mol. The predicted octanol–water partition coefficient (Wildman–Crippen LogP) is 2.89. The minimum absolute atomic E-state index is 0.0995. The summed E-state index contributed by atoms with van der Waals surface area (Å²) in [4.78, 5) is 31.8. The van der Waals surface area contributed by atoms with Crippen molar-refractivity contribution in [3.8, 4) is 11.3 Å². The average Bonchev–Trinajstić information content (AvgIpc) is 3.23. The molecule has 3 fully saturated rings. The summed E-state index contributed by atoms with van der Waals surface area (Å²) in [5.74, 6) is 2.00. The molecule has 0 aliphatic carbocycles. The molecule has 4 atom stereocenters. The lowest BCUT2D eigenvalue weighted by atomic mass is 10.00. The molecule has 5 heterocycles. The van der Waals surface area contributed by atoms with Crippen molar-refractivity contribution in [3.05, 3.63) is 42.0 Å². The average molecular weight is 489 g/mol. The first-order valence-electron chi connectivity index (χ1n) is 12.7. The van der Waals surface area contributed by atoms with Gasteiger partial charge in [-0.2, -0.15) is 9.97 Å². The number of morpholine rings is 1. The van der Waals surface area contributed by atoms with E-state index in [1.807, 2.05) is 24.3 Å². The number of piperidine rings is 1. The van der Waals surface area contributed by atoms with Crippen molar-refractivity contribution in [3.63, 3.8) is 0 Å². The molecule has 3 aliphatic rings. The number of anilines is 2. The lowest BCUT2D eigenvalue weighted by Gasteiger charge is -2.36. The summed E-state index contributed by atoms with van der Waals surface area (Å²) in [6, 6.07) is 11.6. The first-order chi connectivity index (χ1) is 17.5. The van der Waals surface area contributed by atoms with E-state index in [1.165, 1.54) is 0 Å². The number of aromatic nitrogens is 3. The van der Waals surface area contributed by atoms with E-state index < -0.39 is 0 Å². The molecule has 3 aliphatic heterocycles. The Morgan fingerprint density at radius 1 is 1.00 bits per heavy atom. The second-order valence-electron chi connectivity index (χ2n) is 10.2. The second kappa shape index (κ2) is 9.29. The van der Waals surface area contributed by atoms with Crippen molar-refractivity contribution in [2.75, 3.05) is 49.6 Å². The summed E-state index contributed by atoms with van der Waals surface area (Å²) < 4.78 is 11.9. The van der Waals surface area contributed by atoms with Crippen LogP contribution in [0.1, 0.15) is 30.6 Å². The molecule has 2 bridgehead atoms. The summed E-state index contributed by atoms with van der Waals surface area (Å²) in [5.41, 5.74) is 2.90. The number of benzene rings is 1. The monoisotopic (exact) mass is 488 g/mol. The lowest BCUT2D eigenvalue weighted by molar-refractivity contribution is -0.00570. The van der Waals surface area contributed by atoms with Gasteiger partial charge in [0.1, 0.15) is 5.82 Å². The minimum atomic E-state index is -0.123. The highest BCUT2D eigenvalue weighted by Crippen LogP contribution is 2.34. The van der Waals surface area contributed by atoms with Crippen LogP contribution in [0.3, 0.4) is 0 Å². The third kappa shape index (κ3) is 4.37. The van der Waals surface area contributed by atoms with Gasteiger partial charge in [-0.05, 0) is 44.5 Å². The number of hydrogen-bond donors (Lipinski definition) is 1. The highest BCUT2D eigenvalue weighted by atomic mass is 16.5. The Balaban J connectivity index is 1.45. The zero-order valence-corrected chi connectivity index (χ0v) is 21.0. The first kappa shape index (κ1) is 23.1. The van der Waals surface area contributed by atoms with E-state index in [-0.39, 0.29) is 24.2 Å². The van der Waals surface area contributed by atoms with Crippen LogP contribution >= 0.6 is 0 Å². The number of carbonyl (C=O) groups is 1. The topological polar surface area (TPSA) is 92.7 Å². The Bertz CT molecular complexity index is 1280. The standard InChI is InChI=1S/C27H32N6O3/c1-16-11-33(12-17(2)36-16)27-30-24-22(25(31-27)32-13-18-9-21(14-32)35-15-18)7-8-23(29-24)19-5-4-6-20(10-19)26(34)28-3/h4-8,10,16-18,21H,9,11-15H2,1-3H3,(H,28,34). The Kier molecular flexibility index (Phi) is 5.97. The van der Waals surface area contributed by atoms with Crippen molar-refractivity contribution in [1.82, 2.24) is 20.3 Å². The molecule has 3 saturated heterocycles. The van der Waals surface area contributed by atoms with Crippen LogP contribution in [0.15, 0.2) is 36.4 Å². The Morgan fingerprint density at radius 2 is 1.83 bits per heavy atom. The van der Waals surface area contributed by atoms with Gasteiger partial charge in [0, 0.05) is 50.3 Å². The summed E-state index contributed by atoms with van der Waals surface area (Å²) >= 11 is 0. The molecule has 0 spiro atoms. The maximum atomic E-state index is 12.2. The number of ether oxygens (including phenoxy) is 2. The number of nitrogens with one attached hydrogen (secondary N) is 1. The summed E-state index contributed by atoms with van der Waals surface area (Å²) in [6.07, 6.45) is 1.57.